The van der Waals surface area contributed by atoms with Crippen LogP contribution in [0, 0.1) is 12.8 Å². The molecule has 4 nitrogen and oxygen atoms in total. The zero-order chi connectivity index (χ0) is 13.8. The fourth-order valence-electron chi connectivity index (χ4n) is 1.78. The predicted octanol–water partition coefficient (Wildman–Crippen LogP) is 2.56. The summed E-state index contributed by atoms with van der Waals surface area (Å²) in [5.41, 5.74) is 0.299. The molecule has 4 heteroatoms. The maximum absolute atomic E-state index is 10.3. The van der Waals surface area contributed by atoms with Gasteiger partial charge in [0.2, 0.25) is 0 Å². The quantitative estimate of drug-likeness (QED) is 0.816. The van der Waals surface area contributed by atoms with Gasteiger partial charge in [0, 0.05) is 18.3 Å². The summed E-state index contributed by atoms with van der Waals surface area (Å²) in [5.74, 6) is 1.81. The summed E-state index contributed by atoms with van der Waals surface area (Å²) >= 11 is 0. The smallest absolute Gasteiger partial charge is 0.130 e. The second-order valence-electron chi connectivity index (χ2n) is 5.17. The Morgan fingerprint density at radius 1 is 1.39 bits per heavy atom. The molecule has 0 amide bonds. The molecule has 1 aromatic heterocycles. The Bertz CT molecular complexity index is 391. The number of nitrogens with zero attached hydrogens (tertiary/aromatic N) is 2. The third-order valence-corrected chi connectivity index (χ3v) is 3.55. The lowest BCUT2D eigenvalue weighted by molar-refractivity contribution is 0.0175. The number of aryl methyl sites for hydroxylation is 2. The first-order chi connectivity index (χ1) is 8.39. The molecule has 0 aliphatic rings. The number of hydrogen-bond acceptors (Lipinski definition) is 4. The normalized spacial score (nSPS) is 16.1. The predicted molar refractivity (Wildman–Crippen MR) is 74.7 cm³/mol. The highest BCUT2D eigenvalue weighted by Gasteiger charge is 2.26. The van der Waals surface area contributed by atoms with Crippen LogP contribution in [0.4, 0.5) is 5.82 Å². The summed E-state index contributed by atoms with van der Waals surface area (Å²) in [6, 6.07) is 1.94. The summed E-state index contributed by atoms with van der Waals surface area (Å²) < 4.78 is 0. The standard InChI is InChI=1S/C14H25N3O/c1-6-10(3)14(5,18)9-15-13-8-12(7-2)16-11(4)17-13/h8,10,18H,6-7,9H2,1-5H3,(H,15,16,17). The van der Waals surface area contributed by atoms with Crippen molar-refractivity contribution in [3.63, 3.8) is 0 Å². The molecular weight excluding hydrogens is 226 g/mol. The molecule has 2 unspecified atom stereocenters. The molecular formula is C14H25N3O. The van der Waals surface area contributed by atoms with Crippen molar-refractivity contribution in [2.24, 2.45) is 5.92 Å². The third-order valence-electron chi connectivity index (χ3n) is 3.55. The number of hydrogen-bond donors (Lipinski definition) is 2. The Hall–Kier alpha value is -1.16. The van der Waals surface area contributed by atoms with Crippen LogP contribution in [0.25, 0.3) is 0 Å². The molecule has 1 rings (SSSR count). The molecule has 2 atom stereocenters. The van der Waals surface area contributed by atoms with E-state index in [1.807, 2.05) is 19.9 Å². The zero-order valence-corrected chi connectivity index (χ0v) is 12.1. The van der Waals surface area contributed by atoms with Gasteiger partial charge in [-0.3, -0.25) is 0 Å². The molecule has 2 N–H and O–H groups in total. The van der Waals surface area contributed by atoms with E-state index in [2.05, 4.69) is 36.1 Å². The van der Waals surface area contributed by atoms with Crippen LogP contribution >= 0.6 is 0 Å². The van der Waals surface area contributed by atoms with Crippen molar-refractivity contribution < 1.29 is 5.11 Å². The number of aliphatic hydroxyl groups is 1. The molecule has 102 valence electrons. The van der Waals surface area contributed by atoms with E-state index >= 15 is 0 Å². The van der Waals surface area contributed by atoms with Crippen molar-refractivity contribution in [3.8, 4) is 0 Å². The maximum atomic E-state index is 10.3. The van der Waals surface area contributed by atoms with Gasteiger partial charge in [-0.05, 0) is 26.2 Å². The summed E-state index contributed by atoms with van der Waals surface area (Å²) in [4.78, 5) is 8.67. The van der Waals surface area contributed by atoms with Crippen molar-refractivity contribution >= 4 is 5.82 Å². The number of rotatable bonds is 6. The van der Waals surface area contributed by atoms with Crippen molar-refractivity contribution in [2.45, 2.75) is 53.1 Å². The first-order valence-electron chi connectivity index (χ1n) is 6.69. The summed E-state index contributed by atoms with van der Waals surface area (Å²) in [6.45, 7) is 10.5. The van der Waals surface area contributed by atoms with Crippen LogP contribution in [-0.4, -0.2) is 27.2 Å². The van der Waals surface area contributed by atoms with Crippen LogP contribution in [0.5, 0.6) is 0 Å². The van der Waals surface area contributed by atoms with Gasteiger partial charge in [0.15, 0.2) is 0 Å². The Morgan fingerprint density at radius 2 is 2.06 bits per heavy atom. The number of nitrogens with one attached hydrogen (secondary N) is 1. The molecule has 0 aliphatic carbocycles. The fourth-order valence-corrected chi connectivity index (χ4v) is 1.78. The lowest BCUT2D eigenvalue weighted by Crippen LogP contribution is -2.40. The van der Waals surface area contributed by atoms with Gasteiger partial charge < -0.3 is 10.4 Å². The SMILES string of the molecule is CCc1cc(NCC(C)(O)C(C)CC)nc(C)n1. The molecule has 0 bridgehead atoms. The molecule has 0 saturated carbocycles. The molecule has 0 aromatic carbocycles. The highest BCUT2D eigenvalue weighted by Crippen LogP contribution is 2.20. The largest absolute Gasteiger partial charge is 0.388 e. The zero-order valence-electron chi connectivity index (χ0n) is 12.1. The van der Waals surface area contributed by atoms with Gasteiger partial charge >= 0.3 is 0 Å². The van der Waals surface area contributed by atoms with Crippen LogP contribution in [0.15, 0.2) is 6.07 Å². The molecule has 18 heavy (non-hydrogen) atoms. The lowest BCUT2D eigenvalue weighted by atomic mass is 9.89. The van der Waals surface area contributed by atoms with Crippen molar-refractivity contribution in [1.29, 1.82) is 0 Å². The highest BCUT2D eigenvalue weighted by atomic mass is 16.3. The number of anilines is 1. The van der Waals surface area contributed by atoms with E-state index in [0.29, 0.717) is 6.54 Å². The summed E-state index contributed by atoms with van der Waals surface area (Å²) in [6.07, 6.45) is 1.84. The molecule has 0 saturated heterocycles. The second kappa shape index (κ2) is 6.14. The van der Waals surface area contributed by atoms with E-state index in [0.717, 1.165) is 30.2 Å². The monoisotopic (exact) mass is 251 g/mol. The van der Waals surface area contributed by atoms with Gasteiger partial charge in [-0.1, -0.05) is 27.2 Å². The van der Waals surface area contributed by atoms with E-state index in [9.17, 15) is 5.11 Å². The Balaban J connectivity index is 2.71. The van der Waals surface area contributed by atoms with E-state index in [1.165, 1.54) is 0 Å². The first-order valence-corrected chi connectivity index (χ1v) is 6.69. The van der Waals surface area contributed by atoms with Crippen LogP contribution in [-0.2, 0) is 6.42 Å². The van der Waals surface area contributed by atoms with Crippen LogP contribution in [0.3, 0.4) is 0 Å². The molecule has 1 heterocycles. The lowest BCUT2D eigenvalue weighted by Gasteiger charge is -2.30. The molecule has 1 aromatic rings. The van der Waals surface area contributed by atoms with E-state index < -0.39 is 5.60 Å². The van der Waals surface area contributed by atoms with Gasteiger partial charge in [-0.15, -0.1) is 0 Å². The van der Waals surface area contributed by atoms with Gasteiger partial charge in [0.25, 0.3) is 0 Å². The highest BCUT2D eigenvalue weighted by molar-refractivity contribution is 5.36. The topological polar surface area (TPSA) is 58.0 Å². The number of aromatic nitrogens is 2. The molecule has 0 aliphatic heterocycles. The van der Waals surface area contributed by atoms with Gasteiger partial charge in [0.05, 0.1) is 5.60 Å². The third kappa shape index (κ3) is 3.95. The Labute approximate surface area is 110 Å². The first kappa shape index (κ1) is 14.9. The minimum atomic E-state index is -0.722. The van der Waals surface area contributed by atoms with Gasteiger partial charge in [-0.25, -0.2) is 9.97 Å². The minimum Gasteiger partial charge on any atom is -0.388 e. The summed E-state index contributed by atoms with van der Waals surface area (Å²) in [7, 11) is 0. The molecule has 0 radical (unpaired) electrons. The fraction of sp³-hybridized carbons (Fsp3) is 0.714. The van der Waals surface area contributed by atoms with Crippen LogP contribution in [0.2, 0.25) is 0 Å². The van der Waals surface area contributed by atoms with Crippen LogP contribution < -0.4 is 5.32 Å². The van der Waals surface area contributed by atoms with E-state index in [1.54, 1.807) is 0 Å². The van der Waals surface area contributed by atoms with E-state index in [-0.39, 0.29) is 5.92 Å². The van der Waals surface area contributed by atoms with Crippen LogP contribution in [0.1, 0.15) is 45.6 Å². The van der Waals surface area contributed by atoms with E-state index in [4.69, 9.17) is 0 Å². The van der Waals surface area contributed by atoms with Crippen molar-refractivity contribution in [3.05, 3.63) is 17.6 Å². The van der Waals surface area contributed by atoms with Gasteiger partial charge in [0.1, 0.15) is 11.6 Å². The molecule has 0 spiro atoms. The maximum Gasteiger partial charge on any atom is 0.130 e. The molecule has 0 fully saturated rings. The average Bonchev–Trinajstić information content (AvgIpc) is 2.34. The second-order valence-corrected chi connectivity index (χ2v) is 5.17. The summed E-state index contributed by atoms with van der Waals surface area (Å²) in [5, 5.41) is 13.5. The van der Waals surface area contributed by atoms with Crippen molar-refractivity contribution in [1.82, 2.24) is 9.97 Å². The Kier molecular flexibility index (Phi) is 5.08. The average molecular weight is 251 g/mol. The van der Waals surface area contributed by atoms with Gasteiger partial charge in [-0.2, -0.15) is 0 Å². The Morgan fingerprint density at radius 3 is 2.61 bits per heavy atom. The minimum absolute atomic E-state index is 0.249. The van der Waals surface area contributed by atoms with Crippen molar-refractivity contribution in [2.75, 3.05) is 11.9 Å².